The monoisotopic (exact) mass is 269 g/mol. The van der Waals surface area contributed by atoms with E-state index in [1.165, 1.54) is 12.1 Å². The third-order valence-electron chi connectivity index (χ3n) is 2.83. The first-order valence-corrected chi connectivity index (χ1v) is 6.09. The van der Waals surface area contributed by atoms with Crippen LogP contribution in [0.4, 0.5) is 4.39 Å². The second kappa shape index (κ2) is 7.70. The van der Waals surface area contributed by atoms with E-state index in [4.69, 9.17) is 15.7 Å². The summed E-state index contributed by atoms with van der Waals surface area (Å²) in [4.78, 5) is 2.12. The van der Waals surface area contributed by atoms with Crippen LogP contribution in [0.3, 0.4) is 0 Å². The third-order valence-corrected chi connectivity index (χ3v) is 2.83. The number of halogens is 1. The van der Waals surface area contributed by atoms with Crippen LogP contribution in [-0.2, 0) is 11.3 Å². The number of methoxy groups -OCH3 is 1. The van der Waals surface area contributed by atoms with Gasteiger partial charge in [0.2, 0.25) is 0 Å². The van der Waals surface area contributed by atoms with E-state index in [-0.39, 0.29) is 5.84 Å². The molecule has 0 atom stereocenters. The van der Waals surface area contributed by atoms with Gasteiger partial charge in [0.15, 0.2) is 5.84 Å². The third kappa shape index (κ3) is 4.84. The minimum atomic E-state index is -0.401. The number of ether oxygens (including phenoxy) is 1. The molecule has 0 saturated carbocycles. The fourth-order valence-corrected chi connectivity index (χ4v) is 1.77. The Labute approximate surface area is 112 Å². The van der Waals surface area contributed by atoms with E-state index in [1.807, 2.05) is 6.92 Å². The van der Waals surface area contributed by atoms with E-state index >= 15 is 0 Å². The highest BCUT2D eigenvalue weighted by atomic mass is 19.1. The molecule has 6 heteroatoms. The van der Waals surface area contributed by atoms with Gasteiger partial charge in [-0.15, -0.1) is 0 Å². The Kier molecular flexibility index (Phi) is 6.24. The normalized spacial score (nSPS) is 12.1. The van der Waals surface area contributed by atoms with Crippen LogP contribution in [0, 0.1) is 5.82 Å². The maximum atomic E-state index is 13.5. The predicted molar refractivity (Wildman–Crippen MR) is 71.7 cm³/mol. The minimum absolute atomic E-state index is 0.0966. The van der Waals surface area contributed by atoms with Gasteiger partial charge in [-0.25, -0.2) is 4.39 Å². The lowest BCUT2D eigenvalue weighted by molar-refractivity contribution is 0.147. The number of hydrogen-bond donors (Lipinski definition) is 2. The molecule has 1 aromatic rings. The summed E-state index contributed by atoms with van der Waals surface area (Å²) < 4.78 is 18.5. The first kappa shape index (κ1) is 15.4. The number of rotatable bonds is 7. The van der Waals surface area contributed by atoms with Gasteiger partial charge in [0.25, 0.3) is 0 Å². The van der Waals surface area contributed by atoms with Gasteiger partial charge >= 0.3 is 0 Å². The Morgan fingerprint density at radius 1 is 1.47 bits per heavy atom. The molecule has 0 heterocycles. The number of nitrogens with two attached hydrogens (primary N) is 1. The number of nitrogens with zero attached hydrogens (tertiary/aromatic N) is 2. The topological polar surface area (TPSA) is 71.1 Å². The summed E-state index contributed by atoms with van der Waals surface area (Å²) in [7, 11) is 1.65. The Balaban J connectivity index is 2.85. The van der Waals surface area contributed by atoms with Crippen LogP contribution in [-0.4, -0.2) is 42.7 Å². The largest absolute Gasteiger partial charge is 0.409 e. The van der Waals surface area contributed by atoms with Crippen molar-refractivity contribution >= 4 is 5.84 Å². The Hall–Kier alpha value is -1.66. The van der Waals surface area contributed by atoms with Crippen LogP contribution < -0.4 is 5.73 Å². The van der Waals surface area contributed by atoms with Gasteiger partial charge in [-0.2, -0.15) is 0 Å². The molecule has 0 fully saturated rings. The van der Waals surface area contributed by atoms with Crippen molar-refractivity contribution in [1.82, 2.24) is 4.90 Å². The molecule has 0 aliphatic rings. The second-order valence-electron chi connectivity index (χ2n) is 4.19. The quantitative estimate of drug-likeness (QED) is 0.339. The van der Waals surface area contributed by atoms with Crippen molar-refractivity contribution in [3.63, 3.8) is 0 Å². The maximum Gasteiger partial charge on any atom is 0.170 e. The lowest BCUT2D eigenvalue weighted by atomic mass is 10.1. The molecule has 0 aliphatic heterocycles. The summed E-state index contributed by atoms with van der Waals surface area (Å²) in [6.07, 6.45) is 0. The first-order valence-electron chi connectivity index (χ1n) is 6.09. The van der Waals surface area contributed by atoms with Crippen LogP contribution in [0.2, 0.25) is 0 Å². The highest BCUT2D eigenvalue weighted by Gasteiger charge is 2.08. The molecule has 0 spiro atoms. The van der Waals surface area contributed by atoms with E-state index in [0.717, 1.165) is 18.7 Å². The van der Waals surface area contributed by atoms with E-state index in [0.29, 0.717) is 18.7 Å². The molecular formula is C13H20FN3O2. The maximum absolute atomic E-state index is 13.5. The standard InChI is InChI=1S/C13H20FN3O2/c1-3-17(4-5-19-2)9-10-6-11(13(15)16-18)8-12(14)7-10/h6-8,18H,3-5,9H2,1-2H3,(H2,15,16). The van der Waals surface area contributed by atoms with Crippen molar-refractivity contribution in [2.24, 2.45) is 10.9 Å². The smallest absolute Gasteiger partial charge is 0.170 e. The molecule has 0 aromatic heterocycles. The molecule has 3 N–H and O–H groups in total. The minimum Gasteiger partial charge on any atom is -0.409 e. The number of oxime groups is 1. The van der Waals surface area contributed by atoms with Gasteiger partial charge in [-0.3, -0.25) is 4.90 Å². The predicted octanol–water partition coefficient (Wildman–Crippen LogP) is 1.39. The number of hydrogen-bond acceptors (Lipinski definition) is 4. The van der Waals surface area contributed by atoms with Gasteiger partial charge in [0.05, 0.1) is 6.61 Å². The zero-order valence-corrected chi connectivity index (χ0v) is 11.3. The van der Waals surface area contributed by atoms with Gasteiger partial charge in [-0.05, 0) is 30.3 Å². The van der Waals surface area contributed by atoms with Crippen LogP contribution >= 0.6 is 0 Å². The molecule has 19 heavy (non-hydrogen) atoms. The zero-order valence-electron chi connectivity index (χ0n) is 11.3. The first-order chi connectivity index (χ1) is 9.10. The summed E-state index contributed by atoms with van der Waals surface area (Å²) in [5.41, 5.74) is 6.63. The summed E-state index contributed by atoms with van der Waals surface area (Å²) >= 11 is 0. The lowest BCUT2D eigenvalue weighted by Gasteiger charge is -2.20. The molecule has 0 bridgehead atoms. The fraction of sp³-hybridized carbons (Fsp3) is 0.462. The molecule has 1 aromatic carbocycles. The average molecular weight is 269 g/mol. The van der Waals surface area contributed by atoms with Crippen LogP contribution in [0.25, 0.3) is 0 Å². The van der Waals surface area contributed by atoms with Crippen LogP contribution in [0.5, 0.6) is 0 Å². The highest BCUT2D eigenvalue weighted by molar-refractivity contribution is 5.97. The Bertz CT molecular complexity index is 438. The van der Waals surface area contributed by atoms with Gasteiger partial charge < -0.3 is 15.7 Å². The van der Waals surface area contributed by atoms with Crippen molar-refractivity contribution in [3.05, 3.63) is 35.1 Å². The fourth-order valence-electron chi connectivity index (χ4n) is 1.77. The molecular weight excluding hydrogens is 249 g/mol. The van der Waals surface area contributed by atoms with E-state index in [1.54, 1.807) is 13.2 Å². The second-order valence-corrected chi connectivity index (χ2v) is 4.19. The van der Waals surface area contributed by atoms with Gasteiger partial charge in [0, 0.05) is 25.8 Å². The molecule has 5 nitrogen and oxygen atoms in total. The lowest BCUT2D eigenvalue weighted by Crippen LogP contribution is -2.27. The van der Waals surface area contributed by atoms with E-state index < -0.39 is 5.82 Å². The molecule has 0 aliphatic carbocycles. The van der Waals surface area contributed by atoms with Gasteiger partial charge in [-0.1, -0.05) is 12.1 Å². The van der Waals surface area contributed by atoms with Crippen molar-refractivity contribution in [1.29, 1.82) is 0 Å². The number of benzene rings is 1. The van der Waals surface area contributed by atoms with Crippen LogP contribution in [0.15, 0.2) is 23.4 Å². The summed E-state index contributed by atoms with van der Waals surface area (Å²) in [5.74, 6) is -0.498. The summed E-state index contributed by atoms with van der Waals surface area (Å²) in [6.45, 7) is 4.83. The number of likely N-dealkylation sites (N-methyl/N-ethyl adjacent to an activating group) is 1. The molecule has 1 rings (SSSR count). The Morgan fingerprint density at radius 2 is 2.21 bits per heavy atom. The van der Waals surface area contributed by atoms with E-state index in [9.17, 15) is 4.39 Å². The van der Waals surface area contributed by atoms with Crippen molar-refractivity contribution in [2.75, 3.05) is 26.8 Å². The Morgan fingerprint density at radius 3 is 2.79 bits per heavy atom. The van der Waals surface area contributed by atoms with Crippen molar-refractivity contribution < 1.29 is 14.3 Å². The SMILES string of the molecule is CCN(CCOC)Cc1cc(F)cc(/C(N)=N/O)c1. The summed E-state index contributed by atoms with van der Waals surface area (Å²) in [5, 5.41) is 11.5. The molecule has 0 saturated heterocycles. The molecule has 106 valence electrons. The molecule has 0 amide bonds. The zero-order chi connectivity index (χ0) is 14.3. The van der Waals surface area contributed by atoms with Crippen LogP contribution in [0.1, 0.15) is 18.1 Å². The molecule has 0 unspecified atom stereocenters. The number of amidine groups is 1. The summed E-state index contributed by atoms with van der Waals surface area (Å²) in [6, 6.07) is 4.40. The molecule has 0 radical (unpaired) electrons. The highest BCUT2D eigenvalue weighted by Crippen LogP contribution is 2.11. The van der Waals surface area contributed by atoms with Crippen molar-refractivity contribution in [3.8, 4) is 0 Å². The van der Waals surface area contributed by atoms with Crippen molar-refractivity contribution in [2.45, 2.75) is 13.5 Å². The average Bonchev–Trinajstić information content (AvgIpc) is 2.41. The van der Waals surface area contributed by atoms with Gasteiger partial charge in [0.1, 0.15) is 5.82 Å². The van der Waals surface area contributed by atoms with E-state index in [2.05, 4.69) is 10.1 Å².